The molecule has 4 aromatic rings. The van der Waals surface area contributed by atoms with Crippen LogP contribution in [-0.4, -0.2) is 29.1 Å². The van der Waals surface area contributed by atoms with E-state index >= 15 is 0 Å². The van der Waals surface area contributed by atoms with Crippen molar-refractivity contribution in [1.82, 2.24) is 4.98 Å². The molecule has 1 aromatic heterocycles. The summed E-state index contributed by atoms with van der Waals surface area (Å²) < 4.78 is 5.93. The zero-order chi connectivity index (χ0) is 21.6. The number of para-hydroxylation sites is 3. The molecule has 2 heterocycles. The Morgan fingerprint density at radius 2 is 1.68 bits per heavy atom. The van der Waals surface area contributed by atoms with E-state index in [2.05, 4.69) is 4.98 Å². The highest BCUT2D eigenvalue weighted by molar-refractivity contribution is 6.11. The van der Waals surface area contributed by atoms with Gasteiger partial charge in [0.05, 0.1) is 12.2 Å². The van der Waals surface area contributed by atoms with Crippen LogP contribution >= 0.6 is 0 Å². The third kappa shape index (κ3) is 2.93. The average molecular weight is 412 g/mol. The van der Waals surface area contributed by atoms with Crippen molar-refractivity contribution in [3.05, 3.63) is 95.2 Å². The number of aryl methyl sites for hydroxylation is 2. The molecule has 31 heavy (non-hydrogen) atoms. The van der Waals surface area contributed by atoms with E-state index < -0.39 is 5.60 Å². The molecule has 5 nitrogen and oxygen atoms in total. The number of ether oxygens (including phenoxy) is 1. The molecule has 1 aliphatic rings. The van der Waals surface area contributed by atoms with E-state index in [-0.39, 0.29) is 5.91 Å². The van der Waals surface area contributed by atoms with Gasteiger partial charge < -0.3 is 19.7 Å². The number of nitrogens with one attached hydrogen (secondary N) is 1. The van der Waals surface area contributed by atoms with E-state index in [9.17, 15) is 9.90 Å². The minimum atomic E-state index is -1.75. The highest BCUT2D eigenvalue weighted by atomic mass is 16.5. The number of aromatic amines is 1. The summed E-state index contributed by atoms with van der Waals surface area (Å²) >= 11 is 0. The van der Waals surface area contributed by atoms with Crippen molar-refractivity contribution >= 4 is 22.5 Å². The van der Waals surface area contributed by atoms with Crippen LogP contribution in [0.5, 0.6) is 5.75 Å². The summed E-state index contributed by atoms with van der Waals surface area (Å²) in [4.78, 5) is 18.6. The molecule has 0 saturated carbocycles. The third-order valence-electron chi connectivity index (χ3n) is 6.06. The molecule has 2 N–H and O–H groups in total. The van der Waals surface area contributed by atoms with Gasteiger partial charge in [0, 0.05) is 27.7 Å². The third-order valence-corrected chi connectivity index (χ3v) is 6.06. The SMILES string of the molecule is Cc1ccccc1OCCN1C(=O)[C@](O)(c2c(C)[nH]c3ccccc23)c2ccccc21. The lowest BCUT2D eigenvalue weighted by atomic mass is 9.85. The monoisotopic (exact) mass is 412 g/mol. The second kappa shape index (κ2) is 7.29. The quantitative estimate of drug-likeness (QED) is 0.509. The van der Waals surface area contributed by atoms with Crippen LogP contribution in [0.4, 0.5) is 5.69 Å². The van der Waals surface area contributed by atoms with Crippen LogP contribution in [-0.2, 0) is 10.4 Å². The molecule has 0 spiro atoms. The second-order valence-electron chi connectivity index (χ2n) is 7.97. The number of nitrogens with zero attached hydrogens (tertiary/aromatic N) is 1. The van der Waals surface area contributed by atoms with Crippen LogP contribution in [0, 0.1) is 13.8 Å². The van der Waals surface area contributed by atoms with Gasteiger partial charge in [0.1, 0.15) is 12.4 Å². The lowest BCUT2D eigenvalue weighted by Crippen LogP contribution is -2.43. The van der Waals surface area contributed by atoms with Crippen LogP contribution in [0.15, 0.2) is 72.8 Å². The van der Waals surface area contributed by atoms with E-state index in [0.29, 0.717) is 30.0 Å². The molecule has 0 radical (unpaired) electrons. The summed E-state index contributed by atoms with van der Waals surface area (Å²) in [5.74, 6) is 0.445. The normalized spacial score (nSPS) is 17.9. The summed E-state index contributed by atoms with van der Waals surface area (Å²) in [6.45, 7) is 4.55. The number of aliphatic hydroxyl groups is 1. The Balaban J connectivity index is 1.52. The van der Waals surface area contributed by atoms with Gasteiger partial charge in [-0.25, -0.2) is 0 Å². The van der Waals surface area contributed by atoms with Crippen molar-refractivity contribution in [2.45, 2.75) is 19.4 Å². The molecule has 1 atom stereocenters. The topological polar surface area (TPSA) is 65.6 Å². The van der Waals surface area contributed by atoms with Gasteiger partial charge in [0.25, 0.3) is 5.91 Å². The number of benzene rings is 3. The first-order valence-electron chi connectivity index (χ1n) is 10.4. The number of carbonyl (C=O) groups is 1. The fourth-order valence-electron chi connectivity index (χ4n) is 4.61. The maximum atomic E-state index is 13.7. The van der Waals surface area contributed by atoms with Crippen molar-refractivity contribution < 1.29 is 14.6 Å². The Morgan fingerprint density at radius 3 is 2.52 bits per heavy atom. The van der Waals surface area contributed by atoms with Crippen LogP contribution in [0.25, 0.3) is 10.9 Å². The number of fused-ring (bicyclic) bond motifs is 2. The minimum absolute atomic E-state index is 0.327. The molecule has 5 heteroatoms. The van der Waals surface area contributed by atoms with Crippen molar-refractivity contribution in [3.63, 3.8) is 0 Å². The number of hydrogen-bond acceptors (Lipinski definition) is 3. The number of hydrogen-bond donors (Lipinski definition) is 2. The molecule has 156 valence electrons. The first-order chi connectivity index (χ1) is 15.0. The summed E-state index contributed by atoms with van der Waals surface area (Å²) in [6, 6.07) is 23.0. The summed E-state index contributed by atoms with van der Waals surface area (Å²) in [5.41, 5.74) is 2.91. The molecule has 0 saturated heterocycles. The van der Waals surface area contributed by atoms with Crippen molar-refractivity contribution in [2.75, 3.05) is 18.1 Å². The highest BCUT2D eigenvalue weighted by Crippen LogP contribution is 2.47. The first-order valence-corrected chi connectivity index (χ1v) is 10.4. The predicted octanol–water partition coefficient (Wildman–Crippen LogP) is 4.45. The lowest BCUT2D eigenvalue weighted by molar-refractivity contribution is -0.132. The minimum Gasteiger partial charge on any atom is -0.491 e. The molecular formula is C26H24N2O3. The number of carbonyl (C=O) groups excluding carboxylic acids is 1. The van der Waals surface area contributed by atoms with Crippen molar-refractivity contribution in [3.8, 4) is 5.75 Å². The second-order valence-corrected chi connectivity index (χ2v) is 7.97. The fraction of sp³-hybridized carbons (Fsp3) is 0.192. The van der Waals surface area contributed by atoms with E-state index in [4.69, 9.17) is 4.74 Å². The Labute approximate surface area is 180 Å². The highest BCUT2D eigenvalue weighted by Gasteiger charge is 2.52. The van der Waals surface area contributed by atoms with Gasteiger partial charge >= 0.3 is 0 Å². The average Bonchev–Trinajstić information content (AvgIpc) is 3.22. The van der Waals surface area contributed by atoms with Gasteiger partial charge in [-0.05, 0) is 37.6 Å². The van der Waals surface area contributed by atoms with Gasteiger partial charge in [-0.2, -0.15) is 0 Å². The van der Waals surface area contributed by atoms with Gasteiger partial charge in [-0.15, -0.1) is 0 Å². The molecule has 1 amide bonds. The van der Waals surface area contributed by atoms with E-state index in [1.54, 1.807) is 4.90 Å². The Hall–Kier alpha value is -3.57. The van der Waals surface area contributed by atoms with Crippen LogP contribution in [0.1, 0.15) is 22.4 Å². The fourth-order valence-corrected chi connectivity index (χ4v) is 4.61. The van der Waals surface area contributed by atoms with Crippen molar-refractivity contribution in [2.24, 2.45) is 0 Å². The van der Waals surface area contributed by atoms with E-state index in [0.717, 1.165) is 27.9 Å². The van der Waals surface area contributed by atoms with Gasteiger partial charge in [0.2, 0.25) is 0 Å². The van der Waals surface area contributed by atoms with Crippen LogP contribution < -0.4 is 9.64 Å². The molecule has 0 unspecified atom stereocenters. The zero-order valence-electron chi connectivity index (χ0n) is 17.6. The molecule has 3 aromatic carbocycles. The first kappa shape index (κ1) is 19.4. The molecule has 0 aliphatic carbocycles. The lowest BCUT2D eigenvalue weighted by Gasteiger charge is -2.24. The standard InChI is InChI=1S/C26H24N2O3/c1-17-9-3-8-14-23(17)31-16-15-28-22-13-7-5-11-20(22)26(30,25(28)29)24-18(2)27-21-12-6-4-10-19(21)24/h3-14,27,30H,15-16H2,1-2H3/t26-/m1/s1. The Bertz CT molecular complexity index is 1290. The summed E-state index contributed by atoms with van der Waals surface area (Å²) in [5, 5.41) is 12.8. The zero-order valence-corrected chi connectivity index (χ0v) is 17.6. The van der Waals surface area contributed by atoms with E-state index in [1.807, 2.05) is 86.6 Å². The van der Waals surface area contributed by atoms with Gasteiger partial charge in [0.15, 0.2) is 5.60 Å². The molecular weight excluding hydrogens is 388 g/mol. The largest absolute Gasteiger partial charge is 0.491 e. The van der Waals surface area contributed by atoms with Crippen LogP contribution in [0.2, 0.25) is 0 Å². The number of aromatic nitrogens is 1. The van der Waals surface area contributed by atoms with Crippen LogP contribution in [0.3, 0.4) is 0 Å². The maximum absolute atomic E-state index is 13.7. The molecule has 5 rings (SSSR count). The number of amides is 1. The summed E-state index contributed by atoms with van der Waals surface area (Å²) in [7, 11) is 0. The smallest absolute Gasteiger partial charge is 0.268 e. The molecule has 0 bridgehead atoms. The number of anilines is 1. The number of H-pyrrole nitrogens is 1. The Morgan fingerprint density at radius 1 is 0.968 bits per heavy atom. The summed E-state index contributed by atoms with van der Waals surface area (Å²) in [6.07, 6.45) is 0. The number of rotatable bonds is 5. The van der Waals surface area contributed by atoms with Gasteiger partial charge in [-0.3, -0.25) is 4.79 Å². The molecule has 1 aliphatic heterocycles. The van der Waals surface area contributed by atoms with Gasteiger partial charge in [-0.1, -0.05) is 54.6 Å². The Kier molecular flexibility index (Phi) is 4.56. The molecule has 0 fully saturated rings. The van der Waals surface area contributed by atoms with E-state index in [1.165, 1.54) is 0 Å². The van der Waals surface area contributed by atoms with Crippen molar-refractivity contribution in [1.29, 1.82) is 0 Å². The predicted molar refractivity (Wildman–Crippen MR) is 122 cm³/mol. The maximum Gasteiger partial charge on any atom is 0.268 e.